The molecule has 0 amide bonds. The van der Waals surface area contributed by atoms with E-state index in [0.717, 1.165) is 88.8 Å². The Balaban J connectivity index is 0.000000129. The topological polar surface area (TPSA) is 107 Å². The Morgan fingerprint density at radius 1 is 0.348 bits per heavy atom. The second-order valence-corrected chi connectivity index (χ2v) is 27.4. The minimum absolute atomic E-state index is 0. The predicted octanol–water partition coefficient (Wildman–Crippen LogP) is 9.29. The quantitative estimate of drug-likeness (QED) is 0.102. The van der Waals surface area contributed by atoms with Crippen molar-refractivity contribution in [2.75, 3.05) is 42.3 Å². The van der Waals surface area contributed by atoms with Gasteiger partial charge in [-0.3, -0.25) is 4.79 Å². The molecule has 9 aliphatic rings. The van der Waals surface area contributed by atoms with Crippen molar-refractivity contribution in [3.05, 3.63) is 390 Å². The minimum Gasteiger partial charge on any atom is -1.00 e. The van der Waals surface area contributed by atoms with E-state index < -0.39 is 22.8 Å². The average molecular weight is 1300 g/mol. The van der Waals surface area contributed by atoms with E-state index in [1.807, 2.05) is 127 Å². The van der Waals surface area contributed by atoms with Crippen molar-refractivity contribution in [1.82, 2.24) is 0 Å². The van der Waals surface area contributed by atoms with Crippen molar-refractivity contribution in [2.24, 2.45) is 0 Å². The van der Waals surface area contributed by atoms with Crippen molar-refractivity contribution in [2.45, 2.75) is 46.0 Å². The molecule has 9 aliphatic carbocycles. The first-order valence-electron chi connectivity index (χ1n) is 30.7. The number of carboxylic acid groups (broad SMARTS) is 2. The van der Waals surface area contributed by atoms with Gasteiger partial charge in [-0.05, 0) is 100 Å². The number of nitrogens with zero attached hydrogens (tertiary/aromatic N) is 2. The summed E-state index contributed by atoms with van der Waals surface area (Å²) >= 11 is 4.13. The van der Waals surface area contributed by atoms with E-state index >= 15 is 0 Å². The molecule has 2 N–H and O–H groups in total. The molecule has 0 heterocycles. The van der Waals surface area contributed by atoms with E-state index in [-0.39, 0.29) is 63.6 Å². The summed E-state index contributed by atoms with van der Waals surface area (Å²) in [5.41, 5.74) is 20.9. The number of carbonyl (C=O) groups is 2. The summed E-state index contributed by atoms with van der Waals surface area (Å²) in [4.78, 5) is 25.1. The zero-order valence-corrected chi connectivity index (χ0v) is 57.3. The van der Waals surface area contributed by atoms with Gasteiger partial charge in [0, 0.05) is 28.9 Å². The number of carboxylic acids is 2. The van der Waals surface area contributed by atoms with Crippen LogP contribution in [-0.4, -0.2) is 73.8 Å². The van der Waals surface area contributed by atoms with Crippen LogP contribution in [0.25, 0.3) is 0 Å². The molecular formula is C82H73BrClN2NaO5. The van der Waals surface area contributed by atoms with E-state index in [0.29, 0.717) is 5.92 Å². The van der Waals surface area contributed by atoms with Crippen LogP contribution < -0.4 is 47.1 Å². The monoisotopic (exact) mass is 1300 g/mol. The van der Waals surface area contributed by atoms with Crippen LogP contribution in [0.15, 0.2) is 279 Å². The predicted molar refractivity (Wildman–Crippen MR) is 360 cm³/mol. The Kier molecular flexibility index (Phi) is 19.3. The minimum atomic E-state index is -1.21. The van der Waals surface area contributed by atoms with Gasteiger partial charge in [-0.25, -0.2) is 0 Å². The molecule has 0 saturated heterocycles. The largest absolute Gasteiger partial charge is 1.00 e. The summed E-state index contributed by atoms with van der Waals surface area (Å²) in [6.07, 6.45) is 0. The van der Waals surface area contributed by atoms with Gasteiger partial charge in [-0.1, -0.05) is 295 Å². The van der Waals surface area contributed by atoms with Crippen molar-refractivity contribution in [1.29, 1.82) is 0 Å². The number of rotatable bonds is 6. The van der Waals surface area contributed by atoms with Crippen molar-refractivity contribution < 1.29 is 76.2 Å². The molecule has 6 bridgehead atoms. The van der Waals surface area contributed by atoms with Crippen LogP contribution in [0.2, 0.25) is 0 Å². The van der Waals surface area contributed by atoms with Gasteiger partial charge < -0.3 is 41.9 Å². The van der Waals surface area contributed by atoms with Crippen LogP contribution in [0.1, 0.15) is 129 Å². The molecule has 10 heteroatoms. The number of aliphatic carboxylic acids is 2. The van der Waals surface area contributed by atoms with E-state index in [1.54, 1.807) is 0 Å². The van der Waals surface area contributed by atoms with E-state index in [4.69, 9.17) is 0 Å². The summed E-state index contributed by atoms with van der Waals surface area (Å²) < 4.78 is 1.78. The van der Waals surface area contributed by atoms with Crippen LogP contribution in [0.3, 0.4) is 0 Å². The summed E-state index contributed by atoms with van der Waals surface area (Å²) in [5, 5.41) is 22.9. The van der Waals surface area contributed by atoms with Gasteiger partial charge in [0.2, 0.25) is 0 Å². The standard InChI is InChI=1S/2C21H14O2.C20H13Br.2C10H16N.ClH.Na.H2O/c2*22-20(23)21-16-10-4-1-7-13(16)19(14-8-2-5-11-17(14)21)15-9-3-6-12-18(15)21;21-20-16-10-4-1-7-13(16)19(14-8-2-5-11-17(14)20)15-9-3-6-12-18(15)20;2*1-11(2,3)9-10-7-5-4-6-8-10;;;/h2*1-12,19H,(H,22,23);1-12,19H;2*4-8H,9H2,1-3H3;1H;;1H2/q;;;2*+1;;+1;/p-3. The SMILES string of the molecule is BrC12c3ccccc3C(c3ccccc31)c1ccccc12.C[N+](C)(C)Cc1ccccc1.C[N+](C)(C)Cc1ccccc1.O=C(O)C12c3ccccc3C(c3ccccc31)c1ccccc12.O=C([O-])C12c3ccccc3C(c3ccccc31)c1ccccc12.[Cl-].[Na+].[OH-]. The molecule has 0 atom stereocenters. The van der Waals surface area contributed by atoms with E-state index in [1.165, 1.54) is 44.5 Å². The summed E-state index contributed by atoms with van der Waals surface area (Å²) in [7, 11) is 13.2. The first-order chi connectivity index (χ1) is 43.0. The van der Waals surface area contributed by atoms with Crippen LogP contribution in [0.5, 0.6) is 0 Å². The van der Waals surface area contributed by atoms with Gasteiger partial charge in [0.15, 0.2) is 0 Å². The molecule has 0 unspecified atom stereocenters. The van der Waals surface area contributed by atoms with Crippen LogP contribution >= 0.6 is 15.9 Å². The number of benzene rings is 11. The molecule has 11 aromatic rings. The second kappa shape index (κ2) is 26.6. The fourth-order valence-corrected chi connectivity index (χ4v) is 16.6. The molecule has 0 radical (unpaired) electrons. The molecule has 20 rings (SSSR count). The van der Waals surface area contributed by atoms with Gasteiger partial charge in [-0.15, -0.1) is 0 Å². The average Bonchev–Trinajstić information content (AvgIpc) is 0.684. The Hall–Kier alpha value is -7.99. The first-order valence-corrected chi connectivity index (χ1v) is 31.5. The van der Waals surface area contributed by atoms with Crippen LogP contribution in [-0.2, 0) is 37.8 Å². The Morgan fingerprint density at radius 2 is 0.533 bits per heavy atom. The number of hydrogen-bond acceptors (Lipinski definition) is 4. The van der Waals surface area contributed by atoms with E-state index in [9.17, 15) is 19.8 Å². The number of carbonyl (C=O) groups excluding carboxylic acids is 1. The maximum Gasteiger partial charge on any atom is 1.00 e. The number of quaternary nitrogens is 2. The van der Waals surface area contributed by atoms with Gasteiger partial charge in [0.1, 0.15) is 22.8 Å². The molecular weight excluding hydrogens is 1230 g/mol. The molecule has 7 nitrogen and oxygen atoms in total. The molecule has 0 fully saturated rings. The Labute approximate surface area is 578 Å². The normalized spacial score (nSPS) is 19.7. The van der Waals surface area contributed by atoms with Crippen molar-refractivity contribution in [3.63, 3.8) is 0 Å². The third-order valence-corrected chi connectivity index (χ3v) is 19.9. The van der Waals surface area contributed by atoms with E-state index in [2.05, 4.69) is 210 Å². The molecule has 0 spiro atoms. The Morgan fingerprint density at radius 3 is 0.739 bits per heavy atom. The molecule has 456 valence electrons. The summed E-state index contributed by atoms with van der Waals surface area (Å²) in [5.74, 6) is -1.27. The fourth-order valence-electron chi connectivity index (χ4n) is 15.5. The molecule has 0 aliphatic heterocycles. The molecule has 0 aromatic heterocycles. The van der Waals surface area contributed by atoms with Crippen molar-refractivity contribution >= 4 is 27.9 Å². The third-order valence-electron chi connectivity index (χ3n) is 18.6. The number of hydrogen-bond donors (Lipinski definition) is 1. The smallest absolute Gasteiger partial charge is 1.00 e. The fraction of sp³-hybridized carbons (Fsp3) is 0.171. The van der Waals surface area contributed by atoms with Crippen LogP contribution in [0.4, 0.5) is 0 Å². The van der Waals surface area contributed by atoms with Gasteiger partial charge >= 0.3 is 35.5 Å². The van der Waals surface area contributed by atoms with Crippen molar-refractivity contribution in [3.8, 4) is 0 Å². The number of alkyl halides is 1. The van der Waals surface area contributed by atoms with Gasteiger partial charge in [0.25, 0.3) is 0 Å². The zero-order chi connectivity index (χ0) is 61.9. The van der Waals surface area contributed by atoms with Crippen LogP contribution in [0, 0.1) is 0 Å². The maximum absolute atomic E-state index is 12.6. The first kappa shape index (κ1) is 66.9. The zero-order valence-electron chi connectivity index (χ0n) is 53.0. The molecule has 92 heavy (non-hydrogen) atoms. The number of halogens is 2. The molecule has 0 saturated carbocycles. The van der Waals surface area contributed by atoms with Gasteiger partial charge in [-0.2, -0.15) is 0 Å². The maximum atomic E-state index is 12.6. The molecule has 11 aromatic carbocycles. The third kappa shape index (κ3) is 11.2. The Bertz CT molecular complexity index is 3940. The summed E-state index contributed by atoms with van der Waals surface area (Å²) in [6.45, 7) is 2.20. The summed E-state index contributed by atoms with van der Waals surface area (Å²) in [6, 6.07) is 95.3. The second-order valence-electron chi connectivity index (χ2n) is 26.2. The van der Waals surface area contributed by atoms with Gasteiger partial charge in [0.05, 0.1) is 53.7 Å².